The zero-order chi connectivity index (χ0) is 16.1. The van der Waals surface area contributed by atoms with E-state index in [-0.39, 0.29) is 11.2 Å². The molecule has 0 spiro atoms. The van der Waals surface area contributed by atoms with Gasteiger partial charge in [-0.15, -0.1) is 11.8 Å². The first-order chi connectivity index (χ1) is 11.2. The van der Waals surface area contributed by atoms with Crippen molar-refractivity contribution in [3.05, 3.63) is 42.5 Å². The Labute approximate surface area is 143 Å². The molecule has 2 aromatic rings. The molecule has 0 aliphatic heterocycles. The zero-order valence-corrected chi connectivity index (χ0v) is 14.6. The lowest BCUT2D eigenvalue weighted by Gasteiger charge is -2.22. The molecule has 1 atom stereocenters. The third-order valence-electron chi connectivity index (χ3n) is 4.69. The lowest BCUT2D eigenvalue weighted by atomic mass is 9.89. The van der Waals surface area contributed by atoms with E-state index in [1.807, 2.05) is 6.92 Å². The second-order valence-electron chi connectivity index (χ2n) is 6.52. The lowest BCUT2D eigenvalue weighted by Crippen LogP contribution is -2.35. The molecule has 3 heteroatoms. The van der Waals surface area contributed by atoms with Crippen molar-refractivity contribution in [3.8, 4) is 0 Å². The maximum atomic E-state index is 12.3. The quantitative estimate of drug-likeness (QED) is 0.782. The summed E-state index contributed by atoms with van der Waals surface area (Å²) in [7, 11) is 0. The van der Waals surface area contributed by atoms with E-state index in [1.54, 1.807) is 11.8 Å². The Morgan fingerprint density at radius 1 is 1.13 bits per heavy atom. The van der Waals surface area contributed by atoms with Crippen LogP contribution in [-0.2, 0) is 4.79 Å². The van der Waals surface area contributed by atoms with Crippen LogP contribution in [0.1, 0.15) is 39.0 Å². The van der Waals surface area contributed by atoms with Gasteiger partial charge in [-0.1, -0.05) is 49.6 Å². The highest BCUT2D eigenvalue weighted by Crippen LogP contribution is 2.27. The molecule has 23 heavy (non-hydrogen) atoms. The first kappa shape index (κ1) is 16.4. The van der Waals surface area contributed by atoms with E-state index in [9.17, 15) is 4.79 Å². The smallest absolute Gasteiger partial charge is 0.233 e. The van der Waals surface area contributed by atoms with Gasteiger partial charge in [0.15, 0.2) is 0 Å². The number of hydrogen-bond donors (Lipinski definition) is 1. The molecule has 0 bridgehead atoms. The highest BCUT2D eigenvalue weighted by atomic mass is 32.2. The number of fused-ring (bicyclic) bond motifs is 1. The summed E-state index contributed by atoms with van der Waals surface area (Å²) < 4.78 is 0. The maximum Gasteiger partial charge on any atom is 0.233 e. The SMILES string of the molecule is C[C@H](Sc1ccc2ccccc2c1)C(=O)NCC1CCCCC1. The van der Waals surface area contributed by atoms with Crippen molar-refractivity contribution in [2.75, 3.05) is 6.54 Å². The van der Waals surface area contributed by atoms with Gasteiger partial charge in [-0.3, -0.25) is 4.79 Å². The fraction of sp³-hybridized carbons (Fsp3) is 0.450. The van der Waals surface area contributed by atoms with E-state index in [0.29, 0.717) is 5.92 Å². The van der Waals surface area contributed by atoms with Crippen LogP contribution < -0.4 is 5.32 Å². The summed E-state index contributed by atoms with van der Waals surface area (Å²) in [6.45, 7) is 2.84. The molecule has 0 unspecified atom stereocenters. The highest BCUT2D eigenvalue weighted by Gasteiger charge is 2.18. The summed E-state index contributed by atoms with van der Waals surface area (Å²) in [4.78, 5) is 13.5. The van der Waals surface area contributed by atoms with Gasteiger partial charge >= 0.3 is 0 Å². The fourth-order valence-electron chi connectivity index (χ4n) is 3.28. The standard InChI is InChI=1S/C20H25NOS/c1-15(20(22)21-14-16-7-3-2-4-8-16)23-19-12-11-17-9-5-6-10-18(17)13-19/h5-6,9-13,15-16H,2-4,7-8,14H2,1H3,(H,21,22)/t15-/m0/s1. The number of hydrogen-bond acceptors (Lipinski definition) is 2. The molecule has 1 aliphatic carbocycles. The van der Waals surface area contributed by atoms with Crippen LogP contribution in [0.25, 0.3) is 10.8 Å². The van der Waals surface area contributed by atoms with Crippen LogP contribution >= 0.6 is 11.8 Å². The van der Waals surface area contributed by atoms with Crippen molar-refractivity contribution in [2.24, 2.45) is 5.92 Å². The largest absolute Gasteiger partial charge is 0.355 e. The third-order valence-corrected chi connectivity index (χ3v) is 5.79. The lowest BCUT2D eigenvalue weighted by molar-refractivity contribution is -0.120. The second-order valence-corrected chi connectivity index (χ2v) is 7.93. The maximum absolute atomic E-state index is 12.3. The molecular weight excluding hydrogens is 302 g/mol. The Balaban J connectivity index is 1.54. The Bertz CT molecular complexity index is 663. The average molecular weight is 327 g/mol. The summed E-state index contributed by atoms with van der Waals surface area (Å²) in [5, 5.41) is 5.56. The molecule has 2 aromatic carbocycles. The summed E-state index contributed by atoms with van der Waals surface area (Å²) in [5.74, 6) is 0.847. The Morgan fingerprint density at radius 2 is 1.87 bits per heavy atom. The predicted molar refractivity (Wildman–Crippen MR) is 98.9 cm³/mol. The number of nitrogens with one attached hydrogen (secondary N) is 1. The topological polar surface area (TPSA) is 29.1 Å². The number of amides is 1. The van der Waals surface area contributed by atoms with Gasteiger partial charge in [0.25, 0.3) is 0 Å². The second kappa shape index (κ2) is 7.87. The van der Waals surface area contributed by atoms with Gasteiger partial charge < -0.3 is 5.32 Å². The van der Waals surface area contributed by atoms with Crippen LogP contribution in [0.5, 0.6) is 0 Å². The molecular formula is C20H25NOS. The number of rotatable bonds is 5. The van der Waals surface area contributed by atoms with Crippen molar-refractivity contribution < 1.29 is 4.79 Å². The minimum absolute atomic E-state index is 0.0558. The molecule has 2 nitrogen and oxygen atoms in total. The van der Waals surface area contributed by atoms with E-state index in [1.165, 1.54) is 42.9 Å². The molecule has 0 saturated heterocycles. The number of carbonyl (C=O) groups is 1. The monoisotopic (exact) mass is 327 g/mol. The van der Waals surface area contributed by atoms with Gasteiger partial charge in [0.2, 0.25) is 5.91 Å². The van der Waals surface area contributed by atoms with Crippen LogP contribution in [0.3, 0.4) is 0 Å². The van der Waals surface area contributed by atoms with Crippen LogP contribution in [-0.4, -0.2) is 17.7 Å². The number of thioether (sulfide) groups is 1. The molecule has 0 aromatic heterocycles. The fourth-order valence-corrected chi connectivity index (χ4v) is 4.22. The molecule has 0 heterocycles. The minimum Gasteiger partial charge on any atom is -0.355 e. The van der Waals surface area contributed by atoms with Gasteiger partial charge in [-0.25, -0.2) is 0 Å². The first-order valence-corrected chi connectivity index (χ1v) is 9.53. The average Bonchev–Trinajstić information content (AvgIpc) is 2.60. The van der Waals surface area contributed by atoms with Crippen molar-refractivity contribution in [1.29, 1.82) is 0 Å². The molecule has 1 aliphatic rings. The van der Waals surface area contributed by atoms with E-state index in [4.69, 9.17) is 0 Å². The van der Waals surface area contributed by atoms with Crippen LogP contribution in [0.4, 0.5) is 0 Å². The van der Waals surface area contributed by atoms with Crippen molar-refractivity contribution in [1.82, 2.24) is 5.32 Å². The van der Waals surface area contributed by atoms with Crippen LogP contribution in [0.15, 0.2) is 47.4 Å². The third kappa shape index (κ3) is 4.51. The minimum atomic E-state index is -0.0558. The van der Waals surface area contributed by atoms with Gasteiger partial charge in [0.05, 0.1) is 5.25 Å². The molecule has 1 saturated carbocycles. The van der Waals surface area contributed by atoms with Crippen molar-refractivity contribution in [3.63, 3.8) is 0 Å². The van der Waals surface area contributed by atoms with Crippen LogP contribution in [0.2, 0.25) is 0 Å². The highest BCUT2D eigenvalue weighted by molar-refractivity contribution is 8.00. The summed E-state index contributed by atoms with van der Waals surface area (Å²) in [6.07, 6.45) is 6.54. The van der Waals surface area contributed by atoms with E-state index < -0.39 is 0 Å². The molecule has 0 radical (unpaired) electrons. The Morgan fingerprint density at radius 3 is 2.65 bits per heavy atom. The molecule has 1 N–H and O–H groups in total. The first-order valence-electron chi connectivity index (χ1n) is 8.65. The van der Waals surface area contributed by atoms with Gasteiger partial charge in [-0.2, -0.15) is 0 Å². The molecule has 122 valence electrons. The molecule has 3 rings (SSSR count). The van der Waals surface area contributed by atoms with E-state index in [0.717, 1.165) is 11.4 Å². The van der Waals surface area contributed by atoms with Crippen LogP contribution in [0, 0.1) is 5.92 Å². The summed E-state index contributed by atoms with van der Waals surface area (Å²) in [6, 6.07) is 14.7. The normalized spacial score (nSPS) is 17.1. The van der Waals surface area contributed by atoms with Gasteiger partial charge in [0, 0.05) is 11.4 Å². The van der Waals surface area contributed by atoms with Gasteiger partial charge in [0.1, 0.15) is 0 Å². The van der Waals surface area contributed by atoms with E-state index >= 15 is 0 Å². The van der Waals surface area contributed by atoms with E-state index in [2.05, 4.69) is 47.8 Å². The summed E-state index contributed by atoms with van der Waals surface area (Å²) >= 11 is 1.64. The molecule has 1 fully saturated rings. The van der Waals surface area contributed by atoms with Crippen molar-refractivity contribution in [2.45, 2.75) is 49.2 Å². The predicted octanol–water partition coefficient (Wildman–Crippen LogP) is 5.02. The number of carbonyl (C=O) groups excluding carboxylic acids is 1. The van der Waals surface area contributed by atoms with Crippen molar-refractivity contribution >= 4 is 28.4 Å². The Hall–Kier alpha value is -1.48. The van der Waals surface area contributed by atoms with Gasteiger partial charge in [-0.05, 0) is 48.6 Å². The zero-order valence-electron chi connectivity index (χ0n) is 13.8. The molecule has 1 amide bonds. The number of benzene rings is 2. The Kier molecular flexibility index (Phi) is 5.60. The summed E-state index contributed by atoms with van der Waals surface area (Å²) in [5.41, 5.74) is 0.